The molecular formula is C16H21NO4. The molecule has 0 atom stereocenters. The quantitative estimate of drug-likeness (QED) is 0.782. The number of rotatable bonds is 5. The molecule has 2 rings (SSSR count). The van der Waals surface area contributed by atoms with Gasteiger partial charge in [0.2, 0.25) is 0 Å². The maximum absolute atomic E-state index is 12.4. The molecule has 1 aliphatic heterocycles. The van der Waals surface area contributed by atoms with Crippen molar-refractivity contribution >= 4 is 11.9 Å². The zero-order valence-electron chi connectivity index (χ0n) is 12.6. The van der Waals surface area contributed by atoms with E-state index in [0.29, 0.717) is 23.5 Å². The molecule has 0 unspecified atom stereocenters. The largest absolute Gasteiger partial charge is 0.493 e. The van der Waals surface area contributed by atoms with E-state index in [1.54, 1.807) is 25.1 Å². The number of ether oxygens (including phenoxy) is 2. The van der Waals surface area contributed by atoms with E-state index in [-0.39, 0.29) is 12.5 Å². The molecule has 21 heavy (non-hydrogen) atoms. The van der Waals surface area contributed by atoms with Crippen LogP contribution in [-0.4, -0.2) is 43.1 Å². The average Bonchev–Trinajstić information content (AvgIpc) is 3.01. The van der Waals surface area contributed by atoms with E-state index >= 15 is 0 Å². The van der Waals surface area contributed by atoms with Crippen LogP contribution in [0.1, 0.15) is 47.4 Å². The minimum Gasteiger partial charge on any atom is -0.493 e. The number of nitrogens with zero attached hydrogens (tertiary/aromatic N) is 1. The second-order valence-electron chi connectivity index (χ2n) is 4.86. The summed E-state index contributed by atoms with van der Waals surface area (Å²) in [6.07, 6.45) is 2.07. The highest BCUT2D eigenvalue weighted by Gasteiger charge is 2.22. The van der Waals surface area contributed by atoms with Gasteiger partial charge in [0, 0.05) is 18.7 Å². The van der Waals surface area contributed by atoms with Crippen molar-refractivity contribution in [3.8, 4) is 5.75 Å². The van der Waals surface area contributed by atoms with Crippen LogP contribution in [0.5, 0.6) is 5.75 Å². The van der Waals surface area contributed by atoms with E-state index in [4.69, 9.17) is 9.47 Å². The van der Waals surface area contributed by atoms with Gasteiger partial charge in [0.15, 0.2) is 0 Å². The first kappa shape index (κ1) is 15.4. The highest BCUT2D eigenvalue weighted by Crippen LogP contribution is 2.23. The Balaban J connectivity index is 2.29. The van der Waals surface area contributed by atoms with Crippen LogP contribution in [0.4, 0.5) is 0 Å². The molecule has 5 nitrogen and oxygen atoms in total. The molecule has 114 valence electrons. The average molecular weight is 291 g/mol. The minimum absolute atomic E-state index is 0.0407. The highest BCUT2D eigenvalue weighted by molar-refractivity contribution is 5.99. The molecule has 1 aromatic rings. The lowest BCUT2D eigenvalue weighted by Gasteiger charge is -2.16. The summed E-state index contributed by atoms with van der Waals surface area (Å²) in [4.78, 5) is 26.2. The van der Waals surface area contributed by atoms with Crippen molar-refractivity contribution in [1.82, 2.24) is 4.90 Å². The van der Waals surface area contributed by atoms with Crippen LogP contribution >= 0.6 is 0 Å². The van der Waals surface area contributed by atoms with Gasteiger partial charge in [-0.2, -0.15) is 0 Å². The Labute approximate surface area is 124 Å². The maximum atomic E-state index is 12.4. The number of carbonyl (C=O) groups is 2. The van der Waals surface area contributed by atoms with Crippen LogP contribution in [0.25, 0.3) is 0 Å². The zero-order valence-corrected chi connectivity index (χ0v) is 12.6. The number of carbonyl (C=O) groups excluding carboxylic acids is 2. The first-order valence-corrected chi connectivity index (χ1v) is 7.40. The summed E-state index contributed by atoms with van der Waals surface area (Å²) in [5.74, 6) is -0.0490. The van der Waals surface area contributed by atoms with Crippen molar-refractivity contribution in [2.45, 2.75) is 26.7 Å². The van der Waals surface area contributed by atoms with Crippen LogP contribution in [0.3, 0.4) is 0 Å². The SMILES string of the molecule is CCOC(=O)c1cc(C(=O)N2CCCC2)ccc1OCC. The van der Waals surface area contributed by atoms with Crippen molar-refractivity contribution in [2.24, 2.45) is 0 Å². The molecule has 1 aromatic carbocycles. The molecular weight excluding hydrogens is 270 g/mol. The number of esters is 1. The molecule has 1 fully saturated rings. The number of amides is 1. The van der Waals surface area contributed by atoms with Gasteiger partial charge in [0.05, 0.1) is 13.2 Å². The van der Waals surface area contributed by atoms with Crippen molar-refractivity contribution in [3.63, 3.8) is 0 Å². The first-order valence-electron chi connectivity index (χ1n) is 7.40. The molecule has 1 amide bonds. The Bertz CT molecular complexity index is 521. The summed E-state index contributed by atoms with van der Waals surface area (Å²) < 4.78 is 10.5. The molecule has 0 saturated carbocycles. The van der Waals surface area contributed by atoms with Gasteiger partial charge in [-0.1, -0.05) is 0 Å². The van der Waals surface area contributed by atoms with Crippen LogP contribution < -0.4 is 4.74 Å². The van der Waals surface area contributed by atoms with Crippen LogP contribution in [-0.2, 0) is 4.74 Å². The molecule has 5 heteroatoms. The normalized spacial score (nSPS) is 14.1. The Morgan fingerprint density at radius 3 is 2.48 bits per heavy atom. The Kier molecular flexibility index (Phi) is 5.20. The van der Waals surface area contributed by atoms with Gasteiger partial charge >= 0.3 is 5.97 Å². The first-order chi connectivity index (χ1) is 10.2. The van der Waals surface area contributed by atoms with Crippen molar-refractivity contribution < 1.29 is 19.1 Å². The minimum atomic E-state index is -0.461. The molecule has 0 spiro atoms. The predicted octanol–water partition coefficient (Wildman–Crippen LogP) is 2.50. The third-order valence-electron chi connectivity index (χ3n) is 3.41. The predicted molar refractivity (Wildman–Crippen MR) is 78.7 cm³/mol. The number of hydrogen-bond donors (Lipinski definition) is 0. The summed E-state index contributed by atoms with van der Waals surface area (Å²) in [5.41, 5.74) is 0.812. The molecule has 0 radical (unpaired) electrons. The summed E-state index contributed by atoms with van der Waals surface area (Å²) in [6.45, 7) is 5.89. The molecule has 0 aromatic heterocycles. The Morgan fingerprint density at radius 1 is 1.14 bits per heavy atom. The topological polar surface area (TPSA) is 55.8 Å². The molecule has 1 aliphatic rings. The standard InChI is InChI=1S/C16H21NO4/c1-3-20-14-8-7-12(11-13(14)16(19)21-4-2)15(18)17-9-5-6-10-17/h7-8,11H,3-6,9-10H2,1-2H3. The van der Waals surface area contributed by atoms with E-state index in [2.05, 4.69) is 0 Å². The van der Waals surface area contributed by atoms with Crippen molar-refractivity contribution in [3.05, 3.63) is 29.3 Å². The molecule has 1 saturated heterocycles. The lowest BCUT2D eigenvalue weighted by atomic mass is 10.1. The second-order valence-corrected chi connectivity index (χ2v) is 4.86. The lowest BCUT2D eigenvalue weighted by molar-refractivity contribution is 0.0522. The number of likely N-dealkylation sites (tertiary alicyclic amines) is 1. The summed E-state index contributed by atoms with van der Waals surface area (Å²) in [6, 6.07) is 4.94. The Morgan fingerprint density at radius 2 is 1.86 bits per heavy atom. The van der Waals surface area contributed by atoms with E-state index in [1.165, 1.54) is 0 Å². The van der Waals surface area contributed by atoms with E-state index in [0.717, 1.165) is 25.9 Å². The van der Waals surface area contributed by atoms with Gasteiger partial charge in [-0.15, -0.1) is 0 Å². The fourth-order valence-electron chi connectivity index (χ4n) is 2.42. The molecule has 0 bridgehead atoms. The fourth-order valence-corrected chi connectivity index (χ4v) is 2.42. The molecule has 1 heterocycles. The number of hydrogen-bond acceptors (Lipinski definition) is 4. The van der Waals surface area contributed by atoms with Crippen LogP contribution in [0, 0.1) is 0 Å². The summed E-state index contributed by atoms with van der Waals surface area (Å²) >= 11 is 0. The van der Waals surface area contributed by atoms with Gasteiger partial charge in [-0.25, -0.2) is 4.79 Å². The molecule has 0 aliphatic carbocycles. The third kappa shape index (κ3) is 3.54. The zero-order chi connectivity index (χ0) is 15.2. The van der Waals surface area contributed by atoms with Crippen LogP contribution in [0.2, 0.25) is 0 Å². The second kappa shape index (κ2) is 7.11. The van der Waals surface area contributed by atoms with Gasteiger partial charge < -0.3 is 14.4 Å². The van der Waals surface area contributed by atoms with Crippen molar-refractivity contribution in [1.29, 1.82) is 0 Å². The van der Waals surface area contributed by atoms with E-state index in [9.17, 15) is 9.59 Å². The van der Waals surface area contributed by atoms with Gasteiger partial charge in [-0.05, 0) is 44.9 Å². The summed E-state index contributed by atoms with van der Waals surface area (Å²) in [7, 11) is 0. The monoisotopic (exact) mass is 291 g/mol. The van der Waals surface area contributed by atoms with Gasteiger partial charge in [-0.3, -0.25) is 4.79 Å². The maximum Gasteiger partial charge on any atom is 0.341 e. The Hall–Kier alpha value is -2.04. The van der Waals surface area contributed by atoms with Crippen LogP contribution in [0.15, 0.2) is 18.2 Å². The van der Waals surface area contributed by atoms with Crippen molar-refractivity contribution in [2.75, 3.05) is 26.3 Å². The lowest BCUT2D eigenvalue weighted by Crippen LogP contribution is -2.27. The highest BCUT2D eigenvalue weighted by atomic mass is 16.5. The fraction of sp³-hybridized carbons (Fsp3) is 0.500. The number of benzene rings is 1. The van der Waals surface area contributed by atoms with E-state index in [1.807, 2.05) is 11.8 Å². The van der Waals surface area contributed by atoms with Gasteiger partial charge in [0.25, 0.3) is 5.91 Å². The smallest absolute Gasteiger partial charge is 0.341 e. The summed E-state index contributed by atoms with van der Waals surface area (Å²) in [5, 5.41) is 0. The van der Waals surface area contributed by atoms with Gasteiger partial charge in [0.1, 0.15) is 11.3 Å². The third-order valence-corrected chi connectivity index (χ3v) is 3.41. The van der Waals surface area contributed by atoms with E-state index < -0.39 is 5.97 Å². The molecule has 0 N–H and O–H groups in total.